The third kappa shape index (κ3) is 3.28. The summed E-state index contributed by atoms with van der Waals surface area (Å²) in [6, 6.07) is 4.17. The second-order valence-corrected chi connectivity index (χ2v) is 5.21. The van der Waals surface area contributed by atoms with E-state index in [0.717, 1.165) is 12.8 Å². The van der Waals surface area contributed by atoms with E-state index >= 15 is 0 Å². The van der Waals surface area contributed by atoms with E-state index in [1.165, 1.54) is 32.1 Å². The highest BCUT2D eigenvalue weighted by atomic mass is 19.1. The van der Waals surface area contributed by atoms with Gasteiger partial charge in [-0.1, -0.05) is 12.8 Å². The largest absolute Gasteiger partial charge is 0.494 e. The van der Waals surface area contributed by atoms with E-state index in [0.29, 0.717) is 18.0 Å². The van der Waals surface area contributed by atoms with Crippen molar-refractivity contribution < 1.29 is 13.9 Å². The van der Waals surface area contributed by atoms with Crippen LogP contribution in [0.1, 0.15) is 36.0 Å². The molecule has 5 heteroatoms. The van der Waals surface area contributed by atoms with Crippen molar-refractivity contribution in [2.75, 3.05) is 13.7 Å². The normalized spacial score (nSPS) is 16.9. The van der Waals surface area contributed by atoms with E-state index in [-0.39, 0.29) is 17.7 Å². The zero-order valence-electron chi connectivity index (χ0n) is 11.7. The maximum Gasteiger partial charge on any atom is 0.251 e. The molecule has 0 bridgehead atoms. The number of hydrogen-bond acceptors (Lipinski definition) is 3. The smallest absolute Gasteiger partial charge is 0.251 e. The Morgan fingerprint density at radius 2 is 2.20 bits per heavy atom. The standard InChI is InChI=1S/C15H21FN2O2/c1-20-14-7-6-11(8-12(14)16)15(19)18-13(9-17)10-4-2-3-5-10/h6-8,10,13H,2-5,9,17H2,1H3,(H,18,19). The molecule has 1 amide bonds. The number of rotatable bonds is 5. The molecule has 1 fully saturated rings. The predicted molar refractivity (Wildman–Crippen MR) is 75.2 cm³/mol. The van der Waals surface area contributed by atoms with Gasteiger partial charge in [0.25, 0.3) is 5.91 Å². The van der Waals surface area contributed by atoms with Gasteiger partial charge in [-0.25, -0.2) is 4.39 Å². The van der Waals surface area contributed by atoms with Crippen LogP contribution in [-0.4, -0.2) is 25.6 Å². The number of halogens is 1. The Balaban J connectivity index is 2.04. The Morgan fingerprint density at radius 3 is 2.75 bits per heavy atom. The molecule has 0 saturated heterocycles. The van der Waals surface area contributed by atoms with E-state index in [4.69, 9.17) is 10.5 Å². The van der Waals surface area contributed by atoms with Crippen LogP contribution in [0.5, 0.6) is 5.75 Å². The summed E-state index contributed by atoms with van der Waals surface area (Å²) < 4.78 is 18.4. The highest BCUT2D eigenvalue weighted by Gasteiger charge is 2.25. The third-order valence-electron chi connectivity index (χ3n) is 3.95. The molecule has 0 spiro atoms. The van der Waals surface area contributed by atoms with Crippen molar-refractivity contribution in [1.82, 2.24) is 5.32 Å². The molecule has 1 atom stereocenters. The highest BCUT2D eigenvalue weighted by molar-refractivity contribution is 5.94. The molecule has 0 aliphatic heterocycles. The average Bonchev–Trinajstić information content (AvgIpc) is 2.98. The Bertz CT molecular complexity index is 473. The van der Waals surface area contributed by atoms with E-state index in [9.17, 15) is 9.18 Å². The van der Waals surface area contributed by atoms with E-state index in [1.807, 2.05) is 0 Å². The minimum Gasteiger partial charge on any atom is -0.494 e. The van der Waals surface area contributed by atoms with Crippen molar-refractivity contribution in [3.8, 4) is 5.75 Å². The molecule has 20 heavy (non-hydrogen) atoms. The lowest BCUT2D eigenvalue weighted by Gasteiger charge is -2.23. The molecule has 1 aromatic rings. The lowest BCUT2D eigenvalue weighted by molar-refractivity contribution is 0.0923. The maximum absolute atomic E-state index is 13.6. The van der Waals surface area contributed by atoms with Gasteiger partial charge < -0.3 is 15.8 Å². The first-order chi connectivity index (χ1) is 9.65. The van der Waals surface area contributed by atoms with Crippen LogP contribution in [0.25, 0.3) is 0 Å². The second-order valence-electron chi connectivity index (χ2n) is 5.21. The van der Waals surface area contributed by atoms with Crippen LogP contribution in [0.4, 0.5) is 4.39 Å². The Hall–Kier alpha value is -1.62. The molecule has 1 saturated carbocycles. The van der Waals surface area contributed by atoms with Crippen molar-refractivity contribution in [2.24, 2.45) is 11.7 Å². The van der Waals surface area contributed by atoms with Crippen molar-refractivity contribution in [3.05, 3.63) is 29.6 Å². The molecule has 3 N–H and O–H groups in total. The van der Waals surface area contributed by atoms with Gasteiger partial charge in [0, 0.05) is 18.2 Å². The molecular formula is C15H21FN2O2. The fourth-order valence-corrected chi connectivity index (χ4v) is 2.79. The number of amides is 1. The number of benzene rings is 1. The van der Waals surface area contributed by atoms with Gasteiger partial charge in [-0.05, 0) is 37.0 Å². The van der Waals surface area contributed by atoms with Crippen LogP contribution in [0.2, 0.25) is 0 Å². The number of methoxy groups -OCH3 is 1. The molecule has 0 radical (unpaired) electrons. The van der Waals surface area contributed by atoms with Gasteiger partial charge in [0.05, 0.1) is 7.11 Å². The van der Waals surface area contributed by atoms with Gasteiger partial charge in [0.15, 0.2) is 11.6 Å². The van der Waals surface area contributed by atoms with Gasteiger partial charge in [0.2, 0.25) is 0 Å². The van der Waals surface area contributed by atoms with Gasteiger partial charge >= 0.3 is 0 Å². The molecule has 2 rings (SSSR count). The first-order valence-corrected chi connectivity index (χ1v) is 7.00. The zero-order valence-corrected chi connectivity index (χ0v) is 11.7. The van der Waals surface area contributed by atoms with Gasteiger partial charge in [-0.15, -0.1) is 0 Å². The van der Waals surface area contributed by atoms with E-state index in [2.05, 4.69) is 5.32 Å². The Kier molecular flexibility index (Phi) is 4.95. The second kappa shape index (κ2) is 6.70. The molecule has 1 aliphatic carbocycles. The van der Waals surface area contributed by atoms with Crippen LogP contribution >= 0.6 is 0 Å². The summed E-state index contributed by atoms with van der Waals surface area (Å²) in [5, 5.41) is 2.92. The monoisotopic (exact) mass is 280 g/mol. The first-order valence-electron chi connectivity index (χ1n) is 7.00. The lowest BCUT2D eigenvalue weighted by atomic mass is 9.98. The molecular weight excluding hydrogens is 259 g/mol. The summed E-state index contributed by atoms with van der Waals surface area (Å²) in [5.41, 5.74) is 6.04. The third-order valence-corrected chi connectivity index (χ3v) is 3.95. The summed E-state index contributed by atoms with van der Waals surface area (Å²) in [7, 11) is 1.39. The molecule has 0 heterocycles. The maximum atomic E-state index is 13.6. The number of nitrogens with one attached hydrogen (secondary N) is 1. The minimum absolute atomic E-state index is 0.0323. The molecule has 1 aliphatic rings. The topological polar surface area (TPSA) is 64.3 Å². The summed E-state index contributed by atoms with van der Waals surface area (Å²) in [4.78, 5) is 12.1. The number of carbonyl (C=O) groups is 1. The van der Waals surface area contributed by atoms with Crippen LogP contribution in [-0.2, 0) is 0 Å². The zero-order chi connectivity index (χ0) is 14.5. The van der Waals surface area contributed by atoms with Crippen molar-refractivity contribution in [1.29, 1.82) is 0 Å². The summed E-state index contributed by atoms with van der Waals surface area (Å²) in [6.45, 7) is 0.412. The summed E-state index contributed by atoms with van der Waals surface area (Å²) >= 11 is 0. The van der Waals surface area contributed by atoms with Gasteiger partial charge in [-0.2, -0.15) is 0 Å². The predicted octanol–water partition coefficient (Wildman–Crippen LogP) is 2.08. The van der Waals surface area contributed by atoms with Crippen LogP contribution < -0.4 is 15.8 Å². The summed E-state index contributed by atoms with van der Waals surface area (Å²) in [5.74, 6) is -0.251. The number of carbonyl (C=O) groups excluding carboxylic acids is 1. The number of ether oxygens (including phenoxy) is 1. The molecule has 1 unspecified atom stereocenters. The fourth-order valence-electron chi connectivity index (χ4n) is 2.79. The molecule has 0 aromatic heterocycles. The number of hydrogen-bond donors (Lipinski definition) is 2. The minimum atomic E-state index is -0.537. The van der Waals surface area contributed by atoms with Crippen LogP contribution in [0.15, 0.2) is 18.2 Å². The van der Waals surface area contributed by atoms with Crippen molar-refractivity contribution in [2.45, 2.75) is 31.7 Å². The quantitative estimate of drug-likeness (QED) is 0.868. The van der Waals surface area contributed by atoms with Gasteiger partial charge in [0.1, 0.15) is 0 Å². The Morgan fingerprint density at radius 1 is 1.50 bits per heavy atom. The van der Waals surface area contributed by atoms with Crippen molar-refractivity contribution >= 4 is 5.91 Å². The summed E-state index contributed by atoms with van der Waals surface area (Å²) in [6.07, 6.45) is 4.57. The van der Waals surface area contributed by atoms with Crippen LogP contribution in [0.3, 0.4) is 0 Å². The number of nitrogens with two attached hydrogens (primary N) is 1. The van der Waals surface area contributed by atoms with E-state index < -0.39 is 5.82 Å². The lowest BCUT2D eigenvalue weighted by Crippen LogP contribution is -2.44. The molecule has 110 valence electrons. The SMILES string of the molecule is COc1ccc(C(=O)NC(CN)C2CCCC2)cc1F. The van der Waals surface area contributed by atoms with Crippen molar-refractivity contribution in [3.63, 3.8) is 0 Å². The molecule has 4 nitrogen and oxygen atoms in total. The fraction of sp³-hybridized carbons (Fsp3) is 0.533. The van der Waals surface area contributed by atoms with E-state index in [1.54, 1.807) is 6.07 Å². The average molecular weight is 280 g/mol. The van der Waals surface area contributed by atoms with Gasteiger partial charge in [-0.3, -0.25) is 4.79 Å². The Labute approximate surface area is 118 Å². The van der Waals surface area contributed by atoms with Crippen LogP contribution in [0, 0.1) is 11.7 Å². The molecule has 1 aromatic carbocycles. The first kappa shape index (κ1) is 14.8. The highest BCUT2D eigenvalue weighted by Crippen LogP contribution is 2.27.